The van der Waals surface area contributed by atoms with E-state index in [-0.39, 0.29) is 16.7 Å². The SMILES string of the molecule is Cc1ccc(C)c(NC(=O)[C@@H]2CCCN(S(=O)(=O)c3cc(-c4noc(C)n4)cs3)C2)c1. The van der Waals surface area contributed by atoms with E-state index in [4.69, 9.17) is 4.52 Å². The van der Waals surface area contributed by atoms with Crippen molar-refractivity contribution in [1.29, 1.82) is 0 Å². The van der Waals surface area contributed by atoms with Crippen molar-refractivity contribution < 1.29 is 17.7 Å². The smallest absolute Gasteiger partial charge is 0.252 e. The highest BCUT2D eigenvalue weighted by Crippen LogP contribution is 2.31. The van der Waals surface area contributed by atoms with Crippen LogP contribution in [0.2, 0.25) is 0 Å². The summed E-state index contributed by atoms with van der Waals surface area (Å²) in [6, 6.07) is 7.44. The van der Waals surface area contributed by atoms with Crippen LogP contribution in [0.4, 0.5) is 5.69 Å². The molecular weight excluding hydrogens is 436 g/mol. The quantitative estimate of drug-likeness (QED) is 0.621. The van der Waals surface area contributed by atoms with Gasteiger partial charge in [-0.15, -0.1) is 11.3 Å². The number of piperidine rings is 1. The number of hydrogen-bond donors (Lipinski definition) is 1. The predicted octanol–water partition coefficient (Wildman–Crippen LogP) is 3.76. The normalized spacial score (nSPS) is 17.6. The van der Waals surface area contributed by atoms with E-state index in [0.717, 1.165) is 28.2 Å². The van der Waals surface area contributed by atoms with Gasteiger partial charge in [-0.1, -0.05) is 17.3 Å². The first-order chi connectivity index (χ1) is 14.7. The molecular formula is C21H24N4O4S2. The molecule has 1 aromatic carbocycles. The Balaban J connectivity index is 1.49. The number of aromatic nitrogens is 2. The van der Waals surface area contributed by atoms with Gasteiger partial charge in [-0.05, 0) is 49.9 Å². The van der Waals surface area contributed by atoms with Gasteiger partial charge in [-0.2, -0.15) is 9.29 Å². The fourth-order valence-corrected chi connectivity index (χ4v) is 6.43. The third-order valence-electron chi connectivity index (χ3n) is 5.36. The van der Waals surface area contributed by atoms with Crippen molar-refractivity contribution in [3.63, 3.8) is 0 Å². The largest absolute Gasteiger partial charge is 0.339 e. The van der Waals surface area contributed by atoms with Gasteiger partial charge in [0.2, 0.25) is 17.6 Å². The second kappa shape index (κ2) is 8.52. The van der Waals surface area contributed by atoms with Gasteiger partial charge in [0.15, 0.2) is 0 Å². The molecule has 3 aromatic rings. The number of carbonyl (C=O) groups is 1. The summed E-state index contributed by atoms with van der Waals surface area (Å²) < 4.78 is 33.0. The van der Waals surface area contributed by atoms with Crippen LogP contribution in [0.5, 0.6) is 0 Å². The molecule has 8 nitrogen and oxygen atoms in total. The molecule has 0 spiro atoms. The summed E-state index contributed by atoms with van der Waals surface area (Å²) in [5, 5.41) is 8.52. The summed E-state index contributed by atoms with van der Waals surface area (Å²) in [5.41, 5.74) is 3.39. The van der Waals surface area contributed by atoms with E-state index in [1.807, 2.05) is 32.0 Å². The number of nitrogens with one attached hydrogen (secondary N) is 1. The van der Waals surface area contributed by atoms with Crippen LogP contribution in [0.1, 0.15) is 29.9 Å². The monoisotopic (exact) mass is 460 g/mol. The summed E-state index contributed by atoms with van der Waals surface area (Å²) in [6.45, 7) is 6.14. The third kappa shape index (κ3) is 4.56. The molecule has 0 radical (unpaired) electrons. The molecule has 4 rings (SSSR count). The van der Waals surface area contributed by atoms with E-state index in [1.165, 1.54) is 4.31 Å². The lowest BCUT2D eigenvalue weighted by atomic mass is 9.98. The molecule has 1 atom stereocenters. The van der Waals surface area contributed by atoms with Crippen LogP contribution in [-0.2, 0) is 14.8 Å². The zero-order valence-electron chi connectivity index (χ0n) is 17.6. The van der Waals surface area contributed by atoms with Crippen molar-refractivity contribution in [3.8, 4) is 11.4 Å². The van der Waals surface area contributed by atoms with E-state index in [2.05, 4.69) is 15.5 Å². The summed E-state index contributed by atoms with van der Waals surface area (Å²) in [5.74, 6) is 0.226. The zero-order valence-corrected chi connectivity index (χ0v) is 19.2. The first kappa shape index (κ1) is 21.7. The van der Waals surface area contributed by atoms with Crippen molar-refractivity contribution in [1.82, 2.24) is 14.4 Å². The number of nitrogens with zero attached hydrogens (tertiary/aromatic N) is 3. The number of carbonyl (C=O) groups excluding carboxylic acids is 1. The van der Waals surface area contributed by atoms with Gasteiger partial charge in [0, 0.05) is 36.6 Å². The number of rotatable bonds is 5. The lowest BCUT2D eigenvalue weighted by molar-refractivity contribution is -0.120. The second-order valence-corrected chi connectivity index (χ2v) is 10.9. The molecule has 1 N–H and O–H groups in total. The lowest BCUT2D eigenvalue weighted by Gasteiger charge is -2.31. The maximum absolute atomic E-state index is 13.2. The van der Waals surface area contributed by atoms with E-state index in [1.54, 1.807) is 18.4 Å². The lowest BCUT2D eigenvalue weighted by Crippen LogP contribution is -2.43. The van der Waals surface area contributed by atoms with Crippen LogP contribution in [-0.4, -0.2) is 41.9 Å². The molecule has 164 valence electrons. The van der Waals surface area contributed by atoms with Crippen molar-refractivity contribution in [3.05, 3.63) is 46.7 Å². The zero-order chi connectivity index (χ0) is 22.2. The molecule has 10 heteroatoms. The molecule has 1 saturated heterocycles. The number of aryl methyl sites for hydroxylation is 3. The van der Waals surface area contributed by atoms with Crippen LogP contribution in [0.25, 0.3) is 11.4 Å². The first-order valence-electron chi connectivity index (χ1n) is 10.0. The third-order valence-corrected chi connectivity index (χ3v) is 8.64. The summed E-state index contributed by atoms with van der Waals surface area (Å²) in [7, 11) is -3.71. The van der Waals surface area contributed by atoms with Crippen molar-refractivity contribution >= 4 is 33.0 Å². The maximum atomic E-state index is 13.2. The van der Waals surface area contributed by atoms with Crippen LogP contribution in [0, 0.1) is 26.7 Å². The van der Waals surface area contributed by atoms with Crippen LogP contribution >= 0.6 is 11.3 Å². The predicted molar refractivity (Wildman–Crippen MR) is 118 cm³/mol. The van der Waals surface area contributed by atoms with Gasteiger partial charge >= 0.3 is 0 Å². The molecule has 3 heterocycles. The fourth-order valence-electron chi connectivity index (χ4n) is 3.59. The minimum Gasteiger partial charge on any atom is -0.339 e. The van der Waals surface area contributed by atoms with E-state index in [0.29, 0.717) is 36.7 Å². The molecule has 0 bridgehead atoms. The Labute approximate surface area is 185 Å². The number of anilines is 1. The molecule has 0 aliphatic carbocycles. The Bertz CT molecular complexity index is 1220. The molecule has 0 saturated carbocycles. The van der Waals surface area contributed by atoms with E-state index < -0.39 is 15.9 Å². The fraction of sp³-hybridized carbons (Fsp3) is 0.381. The minimum atomic E-state index is -3.71. The first-order valence-corrected chi connectivity index (χ1v) is 12.3. The molecule has 2 aromatic heterocycles. The highest BCUT2D eigenvalue weighted by Gasteiger charge is 2.34. The Hall–Kier alpha value is -2.56. The van der Waals surface area contributed by atoms with Crippen LogP contribution < -0.4 is 5.32 Å². The molecule has 1 aliphatic heterocycles. The maximum Gasteiger partial charge on any atom is 0.252 e. The Morgan fingerprint density at radius 2 is 2.06 bits per heavy atom. The average molecular weight is 461 g/mol. The molecule has 1 fully saturated rings. The average Bonchev–Trinajstić information content (AvgIpc) is 3.40. The van der Waals surface area contributed by atoms with Gasteiger partial charge < -0.3 is 9.84 Å². The van der Waals surface area contributed by atoms with E-state index >= 15 is 0 Å². The van der Waals surface area contributed by atoms with E-state index in [9.17, 15) is 13.2 Å². The Morgan fingerprint density at radius 3 is 2.81 bits per heavy atom. The number of thiophene rings is 1. The second-order valence-electron chi connectivity index (χ2n) is 7.80. The van der Waals surface area contributed by atoms with Gasteiger partial charge in [0.05, 0.1) is 5.92 Å². The van der Waals surface area contributed by atoms with Gasteiger partial charge in [0.1, 0.15) is 4.21 Å². The molecule has 1 aliphatic rings. The number of amides is 1. The van der Waals surface area contributed by atoms with Crippen molar-refractivity contribution in [2.45, 2.75) is 37.8 Å². The highest BCUT2D eigenvalue weighted by molar-refractivity contribution is 7.91. The van der Waals surface area contributed by atoms with Gasteiger partial charge in [-0.25, -0.2) is 8.42 Å². The summed E-state index contributed by atoms with van der Waals surface area (Å²) in [6.07, 6.45) is 1.28. The standard InChI is InChI=1S/C21H24N4O4S2/c1-13-6-7-14(2)18(9-13)23-21(26)16-5-4-8-25(11-16)31(27,28)19-10-17(12-30-19)20-22-15(3)29-24-20/h6-7,9-10,12,16H,4-5,8,11H2,1-3H3,(H,23,26)/t16-/m1/s1. The highest BCUT2D eigenvalue weighted by atomic mass is 32.2. The number of benzene rings is 1. The topological polar surface area (TPSA) is 105 Å². The van der Waals surface area contributed by atoms with Crippen LogP contribution in [0.3, 0.4) is 0 Å². The minimum absolute atomic E-state index is 0.150. The summed E-state index contributed by atoms with van der Waals surface area (Å²) in [4.78, 5) is 17.0. The van der Waals surface area contributed by atoms with Crippen LogP contribution in [0.15, 0.2) is 38.4 Å². The Morgan fingerprint density at radius 1 is 1.26 bits per heavy atom. The van der Waals surface area contributed by atoms with Crippen molar-refractivity contribution in [2.24, 2.45) is 5.92 Å². The molecule has 1 amide bonds. The van der Waals surface area contributed by atoms with Crippen molar-refractivity contribution in [2.75, 3.05) is 18.4 Å². The summed E-state index contributed by atoms with van der Waals surface area (Å²) >= 11 is 1.12. The van der Waals surface area contributed by atoms with Gasteiger partial charge in [0.25, 0.3) is 10.0 Å². The number of hydrogen-bond acceptors (Lipinski definition) is 7. The number of sulfonamides is 1. The molecule has 31 heavy (non-hydrogen) atoms. The Kier molecular flexibility index (Phi) is 5.96. The molecule has 0 unspecified atom stereocenters. The van der Waals surface area contributed by atoms with Gasteiger partial charge in [-0.3, -0.25) is 4.79 Å².